The molecule has 1 saturated heterocycles. The standard InChI is InChI=1S/C17H26N2O4/c1-19-8-5-17(21,6-9-19)16(20)18-7-4-13-10-14(22-2)12-15(11-13)23-3/h10-12,21H,4-9H2,1-3H3,(H,18,20). The summed E-state index contributed by atoms with van der Waals surface area (Å²) in [6.45, 7) is 1.93. The molecule has 23 heavy (non-hydrogen) atoms. The Morgan fingerprint density at radius 3 is 2.30 bits per heavy atom. The summed E-state index contributed by atoms with van der Waals surface area (Å²) in [6.07, 6.45) is 1.60. The Hall–Kier alpha value is -1.79. The normalized spacial score (nSPS) is 17.6. The summed E-state index contributed by atoms with van der Waals surface area (Å²) in [5.41, 5.74) is -0.227. The van der Waals surface area contributed by atoms with Gasteiger partial charge in [-0.05, 0) is 44.0 Å². The summed E-state index contributed by atoms with van der Waals surface area (Å²) >= 11 is 0. The van der Waals surface area contributed by atoms with E-state index in [9.17, 15) is 9.90 Å². The predicted molar refractivity (Wildman–Crippen MR) is 87.9 cm³/mol. The second-order valence-electron chi connectivity index (χ2n) is 6.06. The summed E-state index contributed by atoms with van der Waals surface area (Å²) in [5, 5.41) is 13.3. The largest absolute Gasteiger partial charge is 0.497 e. The van der Waals surface area contributed by atoms with Crippen LogP contribution in [0.2, 0.25) is 0 Å². The molecule has 1 aliphatic rings. The van der Waals surface area contributed by atoms with Gasteiger partial charge in [0, 0.05) is 25.7 Å². The number of likely N-dealkylation sites (tertiary alicyclic amines) is 1. The summed E-state index contributed by atoms with van der Waals surface area (Å²) in [5.74, 6) is 1.17. The van der Waals surface area contributed by atoms with Crippen LogP contribution >= 0.6 is 0 Å². The van der Waals surface area contributed by atoms with Crippen molar-refractivity contribution >= 4 is 5.91 Å². The van der Waals surface area contributed by atoms with E-state index in [-0.39, 0.29) is 5.91 Å². The van der Waals surface area contributed by atoms with Crippen LogP contribution < -0.4 is 14.8 Å². The molecular weight excluding hydrogens is 296 g/mol. The maximum absolute atomic E-state index is 12.2. The highest BCUT2D eigenvalue weighted by molar-refractivity contribution is 5.85. The number of carbonyl (C=O) groups excluding carboxylic acids is 1. The topological polar surface area (TPSA) is 71.0 Å². The number of piperidine rings is 1. The van der Waals surface area contributed by atoms with Gasteiger partial charge in [-0.15, -0.1) is 0 Å². The minimum atomic E-state index is -1.24. The monoisotopic (exact) mass is 322 g/mol. The zero-order valence-corrected chi connectivity index (χ0v) is 14.1. The number of carbonyl (C=O) groups is 1. The number of benzene rings is 1. The highest BCUT2D eigenvalue weighted by Crippen LogP contribution is 2.23. The van der Waals surface area contributed by atoms with Crippen LogP contribution in [0.4, 0.5) is 0 Å². The van der Waals surface area contributed by atoms with Crippen molar-refractivity contribution in [1.29, 1.82) is 0 Å². The first-order chi connectivity index (χ1) is 11.0. The lowest BCUT2D eigenvalue weighted by atomic mass is 9.90. The van der Waals surface area contributed by atoms with E-state index in [1.54, 1.807) is 14.2 Å². The fourth-order valence-corrected chi connectivity index (χ4v) is 2.71. The molecule has 2 N–H and O–H groups in total. The Kier molecular flexibility index (Phi) is 5.85. The minimum Gasteiger partial charge on any atom is -0.497 e. The molecule has 0 radical (unpaired) electrons. The molecule has 128 valence electrons. The van der Waals surface area contributed by atoms with Gasteiger partial charge in [0.1, 0.15) is 17.1 Å². The smallest absolute Gasteiger partial charge is 0.252 e. The van der Waals surface area contributed by atoms with E-state index in [4.69, 9.17) is 9.47 Å². The van der Waals surface area contributed by atoms with Gasteiger partial charge in [0.15, 0.2) is 0 Å². The third-order valence-corrected chi connectivity index (χ3v) is 4.35. The number of hydrogen-bond acceptors (Lipinski definition) is 5. The van der Waals surface area contributed by atoms with Gasteiger partial charge in [0.25, 0.3) is 5.91 Å². The second-order valence-corrected chi connectivity index (χ2v) is 6.06. The lowest BCUT2D eigenvalue weighted by Gasteiger charge is -2.35. The predicted octanol–water partition coefficient (Wildman–Crippen LogP) is 0.819. The van der Waals surface area contributed by atoms with Crippen molar-refractivity contribution in [3.05, 3.63) is 23.8 Å². The third-order valence-electron chi connectivity index (χ3n) is 4.35. The summed E-state index contributed by atoms with van der Waals surface area (Å²) in [6, 6.07) is 5.64. The van der Waals surface area contributed by atoms with E-state index in [0.29, 0.717) is 25.8 Å². The average molecular weight is 322 g/mol. The Labute approximate surface area is 137 Å². The molecule has 1 heterocycles. The first-order valence-electron chi connectivity index (χ1n) is 7.88. The Balaban J connectivity index is 1.88. The molecule has 1 amide bonds. The number of methoxy groups -OCH3 is 2. The number of ether oxygens (including phenoxy) is 2. The van der Waals surface area contributed by atoms with Crippen LogP contribution in [-0.4, -0.2) is 62.4 Å². The van der Waals surface area contributed by atoms with Gasteiger partial charge in [-0.2, -0.15) is 0 Å². The Morgan fingerprint density at radius 2 is 1.78 bits per heavy atom. The molecule has 1 fully saturated rings. The number of hydrogen-bond donors (Lipinski definition) is 2. The van der Waals surface area contributed by atoms with Crippen LogP contribution in [0.25, 0.3) is 0 Å². The van der Waals surface area contributed by atoms with E-state index in [1.165, 1.54) is 0 Å². The molecule has 1 aliphatic heterocycles. The fourth-order valence-electron chi connectivity index (χ4n) is 2.71. The number of aliphatic hydroxyl groups is 1. The van der Waals surface area contributed by atoms with Crippen molar-refractivity contribution in [3.8, 4) is 11.5 Å². The maximum atomic E-state index is 12.2. The molecule has 6 nitrogen and oxygen atoms in total. The molecule has 0 aliphatic carbocycles. The molecule has 0 spiro atoms. The molecule has 0 unspecified atom stereocenters. The first kappa shape index (κ1) is 17.6. The SMILES string of the molecule is COc1cc(CCNC(=O)C2(O)CCN(C)CC2)cc(OC)c1. The van der Waals surface area contributed by atoms with Crippen molar-refractivity contribution in [2.24, 2.45) is 0 Å². The van der Waals surface area contributed by atoms with Crippen LogP contribution in [0.15, 0.2) is 18.2 Å². The van der Waals surface area contributed by atoms with Crippen LogP contribution in [0.1, 0.15) is 18.4 Å². The Bertz CT molecular complexity index is 517. The molecular formula is C17H26N2O4. The number of amides is 1. The van der Waals surface area contributed by atoms with Crippen LogP contribution in [-0.2, 0) is 11.2 Å². The number of nitrogens with zero attached hydrogens (tertiary/aromatic N) is 1. The van der Waals surface area contributed by atoms with Crippen molar-refractivity contribution in [2.75, 3.05) is 40.9 Å². The van der Waals surface area contributed by atoms with Gasteiger partial charge in [-0.3, -0.25) is 4.79 Å². The molecule has 0 atom stereocenters. The van der Waals surface area contributed by atoms with Crippen LogP contribution in [0.5, 0.6) is 11.5 Å². The lowest BCUT2D eigenvalue weighted by Crippen LogP contribution is -2.53. The van der Waals surface area contributed by atoms with Gasteiger partial charge < -0.3 is 24.8 Å². The van der Waals surface area contributed by atoms with E-state index >= 15 is 0 Å². The molecule has 0 bridgehead atoms. The van der Waals surface area contributed by atoms with Crippen molar-refractivity contribution < 1.29 is 19.4 Å². The van der Waals surface area contributed by atoms with Gasteiger partial charge in [0.2, 0.25) is 0 Å². The second kappa shape index (κ2) is 7.66. The van der Waals surface area contributed by atoms with Gasteiger partial charge in [0.05, 0.1) is 14.2 Å². The number of rotatable bonds is 6. The molecule has 0 aromatic heterocycles. The van der Waals surface area contributed by atoms with Gasteiger partial charge in [-0.25, -0.2) is 0 Å². The van der Waals surface area contributed by atoms with E-state index < -0.39 is 5.60 Å². The fraction of sp³-hybridized carbons (Fsp3) is 0.588. The van der Waals surface area contributed by atoms with Crippen molar-refractivity contribution in [3.63, 3.8) is 0 Å². The zero-order chi connectivity index (χ0) is 16.9. The van der Waals surface area contributed by atoms with Crippen LogP contribution in [0.3, 0.4) is 0 Å². The average Bonchev–Trinajstić information content (AvgIpc) is 2.57. The highest BCUT2D eigenvalue weighted by atomic mass is 16.5. The highest BCUT2D eigenvalue weighted by Gasteiger charge is 2.38. The first-order valence-corrected chi connectivity index (χ1v) is 7.88. The lowest BCUT2D eigenvalue weighted by molar-refractivity contribution is -0.144. The molecule has 1 aromatic carbocycles. The van der Waals surface area contributed by atoms with E-state index in [2.05, 4.69) is 10.2 Å². The van der Waals surface area contributed by atoms with Crippen LogP contribution in [0, 0.1) is 0 Å². The molecule has 6 heteroatoms. The molecule has 1 aromatic rings. The quantitative estimate of drug-likeness (QED) is 0.811. The van der Waals surface area contributed by atoms with Crippen molar-refractivity contribution in [1.82, 2.24) is 10.2 Å². The minimum absolute atomic E-state index is 0.277. The maximum Gasteiger partial charge on any atom is 0.252 e. The zero-order valence-electron chi connectivity index (χ0n) is 14.1. The van der Waals surface area contributed by atoms with Gasteiger partial charge in [-0.1, -0.05) is 0 Å². The third kappa shape index (κ3) is 4.59. The molecule has 2 rings (SSSR count). The summed E-state index contributed by atoms with van der Waals surface area (Å²) in [4.78, 5) is 14.3. The van der Waals surface area contributed by atoms with Gasteiger partial charge >= 0.3 is 0 Å². The van der Waals surface area contributed by atoms with E-state index in [1.807, 2.05) is 25.2 Å². The summed E-state index contributed by atoms with van der Waals surface area (Å²) in [7, 11) is 5.21. The van der Waals surface area contributed by atoms with E-state index in [0.717, 1.165) is 30.2 Å². The Morgan fingerprint density at radius 1 is 1.22 bits per heavy atom. The van der Waals surface area contributed by atoms with Crippen molar-refractivity contribution in [2.45, 2.75) is 24.9 Å². The molecule has 0 saturated carbocycles. The number of nitrogens with one attached hydrogen (secondary N) is 1. The summed E-state index contributed by atoms with van der Waals surface area (Å²) < 4.78 is 10.5.